The normalized spacial score (nSPS) is 9.47. The van der Waals surface area contributed by atoms with Gasteiger partial charge in [0.2, 0.25) is 0 Å². The average Bonchev–Trinajstić information content (AvgIpc) is 2.85. The second kappa shape index (κ2) is 31.6. The van der Waals surface area contributed by atoms with Crippen LogP contribution in [0.1, 0.15) is 73.1 Å². The van der Waals surface area contributed by atoms with E-state index in [9.17, 15) is 19.2 Å². The number of carbonyl (C=O) groups excluding carboxylic acids is 4. The summed E-state index contributed by atoms with van der Waals surface area (Å²) in [6, 6.07) is 0. The molecule has 0 saturated carbocycles. The molecule has 0 aromatic carbocycles. The van der Waals surface area contributed by atoms with Gasteiger partial charge in [0.05, 0.1) is 26.1 Å². The highest BCUT2D eigenvalue weighted by atomic mass is 16.5. The molecule has 0 aliphatic carbocycles. The molecule has 0 spiro atoms. The maximum Gasteiger partial charge on any atom is 0.372 e. The Morgan fingerprint density at radius 2 is 1.39 bits per heavy atom. The molecule has 0 aliphatic rings. The number of aliphatic hydroxyl groups is 1. The molecule has 0 aliphatic heterocycles. The third-order valence-corrected chi connectivity index (χ3v) is 3.84. The molecule has 1 unspecified atom stereocenters. The Balaban J connectivity index is -0.000000198. The van der Waals surface area contributed by atoms with Gasteiger partial charge in [-0.1, -0.05) is 66.2 Å². The molecule has 1 N–H and O–H groups in total. The summed E-state index contributed by atoms with van der Waals surface area (Å²) in [7, 11) is 0. The van der Waals surface area contributed by atoms with Crippen molar-refractivity contribution in [3.63, 3.8) is 0 Å². The van der Waals surface area contributed by atoms with Crippen LogP contribution in [0.3, 0.4) is 0 Å². The van der Waals surface area contributed by atoms with Crippen LogP contribution >= 0.6 is 0 Å². The van der Waals surface area contributed by atoms with Crippen molar-refractivity contribution in [1.29, 1.82) is 0 Å². The van der Waals surface area contributed by atoms with E-state index in [0.29, 0.717) is 19.1 Å². The Morgan fingerprint density at radius 3 is 1.69 bits per heavy atom. The second-order valence-corrected chi connectivity index (χ2v) is 6.92. The zero-order valence-corrected chi connectivity index (χ0v) is 22.7. The molecule has 9 nitrogen and oxygen atoms in total. The van der Waals surface area contributed by atoms with Crippen LogP contribution in [0, 0.1) is 5.92 Å². The third kappa shape index (κ3) is 37.9. The smallest absolute Gasteiger partial charge is 0.372 e. The number of hydrogen-bond acceptors (Lipinski definition) is 9. The predicted octanol–water partition coefficient (Wildman–Crippen LogP) is 5.76. The maximum atomic E-state index is 10.8. The van der Waals surface area contributed by atoms with Crippen molar-refractivity contribution in [2.24, 2.45) is 5.92 Å². The van der Waals surface area contributed by atoms with Gasteiger partial charge < -0.3 is 24.1 Å². The summed E-state index contributed by atoms with van der Waals surface area (Å²) >= 11 is 0. The number of unbranched alkanes of at least 4 members (excludes halogenated alkanes) is 2. The molecule has 0 rings (SSSR count). The van der Waals surface area contributed by atoms with Gasteiger partial charge in [-0.2, -0.15) is 0 Å². The van der Waals surface area contributed by atoms with Gasteiger partial charge in [-0.05, 0) is 32.3 Å². The van der Waals surface area contributed by atoms with E-state index in [-0.39, 0.29) is 24.5 Å². The van der Waals surface area contributed by atoms with Gasteiger partial charge in [0, 0.05) is 19.1 Å². The first kappa shape index (κ1) is 39.8. The lowest BCUT2D eigenvalue weighted by Crippen LogP contribution is -2.12. The fourth-order valence-electron chi connectivity index (χ4n) is 1.86. The largest absolute Gasteiger partial charge is 0.502 e. The van der Waals surface area contributed by atoms with Crippen molar-refractivity contribution in [2.45, 2.75) is 73.1 Å². The first-order valence-corrected chi connectivity index (χ1v) is 11.9. The second-order valence-electron chi connectivity index (χ2n) is 6.92. The van der Waals surface area contributed by atoms with Gasteiger partial charge in [-0.25, -0.2) is 14.4 Å². The van der Waals surface area contributed by atoms with Crippen LogP contribution in [0.15, 0.2) is 50.5 Å². The van der Waals surface area contributed by atoms with Crippen molar-refractivity contribution < 1.29 is 43.2 Å². The van der Waals surface area contributed by atoms with E-state index in [1.54, 1.807) is 6.92 Å². The van der Waals surface area contributed by atoms with Gasteiger partial charge in [-0.15, -0.1) is 0 Å². The highest BCUT2D eigenvalue weighted by Crippen LogP contribution is 2.12. The SMILES string of the molecule is C=C(O)C(=O)OCC.C=CC(=O)OCC(CC)CCCC.C=CC(=O)OCCCC.C=COC(C)=O. The van der Waals surface area contributed by atoms with Crippen molar-refractivity contribution in [3.05, 3.63) is 50.5 Å². The molecule has 0 aromatic heterocycles. The van der Waals surface area contributed by atoms with Crippen LogP contribution in [0.25, 0.3) is 0 Å². The van der Waals surface area contributed by atoms with E-state index in [1.165, 1.54) is 31.9 Å². The zero-order chi connectivity index (χ0) is 28.8. The summed E-state index contributed by atoms with van der Waals surface area (Å²) in [6.07, 6.45) is 10.1. The number of rotatable bonds is 14. The minimum Gasteiger partial charge on any atom is -0.502 e. The molecular formula is C27H46O9. The Labute approximate surface area is 216 Å². The van der Waals surface area contributed by atoms with Crippen LogP contribution in [0.4, 0.5) is 0 Å². The van der Waals surface area contributed by atoms with Crippen LogP contribution in [0.2, 0.25) is 0 Å². The molecule has 0 amide bonds. The van der Waals surface area contributed by atoms with Crippen molar-refractivity contribution >= 4 is 23.9 Å². The van der Waals surface area contributed by atoms with Crippen LogP contribution in [0.5, 0.6) is 0 Å². The standard InChI is InChI=1S/C11H20O2.C7H12O2.C5H8O3.C4H6O2/c1-4-7-8-10(5-2)9-13-11(12)6-3;1-3-5-6-9-7(8)4-2;1-3-8-5(7)4(2)6;1-3-6-4(2)5/h6,10H,3-5,7-9H2,1-2H3;4H,2-3,5-6H2,1H3;6H,2-3H2,1H3;3H,1H2,2H3. The Kier molecular flexibility index (Phi) is 35.0. The molecule has 9 heteroatoms. The third-order valence-electron chi connectivity index (χ3n) is 3.84. The molecule has 36 heavy (non-hydrogen) atoms. The zero-order valence-electron chi connectivity index (χ0n) is 22.7. The average molecular weight is 515 g/mol. The van der Waals surface area contributed by atoms with E-state index in [0.717, 1.165) is 31.9 Å². The molecule has 0 saturated heterocycles. The minimum absolute atomic E-state index is 0.262. The number of carbonyl (C=O) groups is 4. The summed E-state index contributed by atoms with van der Waals surface area (Å²) in [6.45, 7) is 23.4. The monoisotopic (exact) mass is 514 g/mol. The summed E-state index contributed by atoms with van der Waals surface area (Å²) in [5.41, 5.74) is 0. The van der Waals surface area contributed by atoms with Gasteiger partial charge in [-0.3, -0.25) is 4.79 Å². The number of esters is 4. The quantitative estimate of drug-likeness (QED) is 0.101. The van der Waals surface area contributed by atoms with Gasteiger partial charge in [0.1, 0.15) is 0 Å². The predicted molar refractivity (Wildman–Crippen MR) is 141 cm³/mol. The summed E-state index contributed by atoms with van der Waals surface area (Å²) in [5.74, 6) is -1.76. The number of hydrogen-bond donors (Lipinski definition) is 1. The lowest BCUT2D eigenvalue weighted by atomic mass is 10.0. The van der Waals surface area contributed by atoms with E-state index in [2.05, 4.69) is 54.4 Å². The Morgan fingerprint density at radius 1 is 0.861 bits per heavy atom. The van der Waals surface area contributed by atoms with E-state index in [4.69, 9.17) is 9.84 Å². The van der Waals surface area contributed by atoms with Crippen molar-refractivity contribution in [3.8, 4) is 0 Å². The van der Waals surface area contributed by atoms with Crippen molar-refractivity contribution in [1.82, 2.24) is 0 Å². The lowest BCUT2D eigenvalue weighted by molar-refractivity contribution is -0.141. The summed E-state index contributed by atoms with van der Waals surface area (Å²) in [4.78, 5) is 41.0. The van der Waals surface area contributed by atoms with Crippen LogP contribution in [-0.2, 0) is 38.1 Å². The van der Waals surface area contributed by atoms with Gasteiger partial charge >= 0.3 is 23.9 Å². The molecular weight excluding hydrogens is 468 g/mol. The molecule has 0 radical (unpaired) electrons. The van der Waals surface area contributed by atoms with Crippen molar-refractivity contribution in [2.75, 3.05) is 19.8 Å². The van der Waals surface area contributed by atoms with Crippen LogP contribution in [-0.4, -0.2) is 48.8 Å². The highest BCUT2D eigenvalue weighted by Gasteiger charge is 2.07. The first-order chi connectivity index (χ1) is 17.0. The maximum absolute atomic E-state index is 10.8. The minimum atomic E-state index is -0.757. The van der Waals surface area contributed by atoms with E-state index < -0.39 is 11.7 Å². The number of aliphatic hydroxyl groups excluding tert-OH is 1. The van der Waals surface area contributed by atoms with Crippen LogP contribution < -0.4 is 0 Å². The Hall–Kier alpha value is -3.36. The fraction of sp³-hybridized carbons (Fsp3) is 0.556. The molecule has 0 aromatic rings. The summed E-state index contributed by atoms with van der Waals surface area (Å²) < 4.78 is 18.1. The first-order valence-electron chi connectivity index (χ1n) is 11.9. The molecule has 0 heterocycles. The van der Waals surface area contributed by atoms with E-state index in [1.807, 2.05) is 6.92 Å². The van der Waals surface area contributed by atoms with Gasteiger partial charge in [0.15, 0.2) is 5.76 Å². The lowest BCUT2D eigenvalue weighted by Gasteiger charge is -2.13. The Bertz CT molecular complexity index is 639. The number of ether oxygens (including phenoxy) is 4. The van der Waals surface area contributed by atoms with Gasteiger partial charge in [0.25, 0.3) is 0 Å². The summed E-state index contributed by atoms with van der Waals surface area (Å²) in [5, 5.41) is 8.28. The molecule has 0 bridgehead atoms. The highest BCUT2D eigenvalue weighted by molar-refractivity contribution is 5.84. The molecule has 208 valence electrons. The fourth-order valence-corrected chi connectivity index (χ4v) is 1.86. The molecule has 1 atom stereocenters. The van der Waals surface area contributed by atoms with E-state index >= 15 is 0 Å². The molecule has 0 fully saturated rings. The topological polar surface area (TPSA) is 125 Å².